The predicted molar refractivity (Wildman–Crippen MR) is 71.2 cm³/mol. The van der Waals surface area contributed by atoms with Gasteiger partial charge >= 0.3 is 6.03 Å². The molecule has 0 aromatic carbocycles. The Morgan fingerprint density at radius 1 is 1.59 bits per heavy atom. The van der Waals surface area contributed by atoms with Crippen molar-refractivity contribution in [2.45, 2.75) is 18.9 Å². The molecule has 2 heterocycles. The van der Waals surface area contributed by atoms with Crippen LogP contribution in [0.15, 0.2) is 20.9 Å². The van der Waals surface area contributed by atoms with Crippen molar-refractivity contribution in [3.8, 4) is 0 Å². The first-order valence-electron chi connectivity index (χ1n) is 5.54. The van der Waals surface area contributed by atoms with Gasteiger partial charge in [0.15, 0.2) is 0 Å². The third kappa shape index (κ3) is 1.99. The van der Waals surface area contributed by atoms with E-state index in [1.165, 1.54) is 12.8 Å². The van der Waals surface area contributed by atoms with Gasteiger partial charge in [-0.3, -0.25) is 0 Å². The van der Waals surface area contributed by atoms with Gasteiger partial charge in [-0.25, -0.2) is 4.79 Å². The van der Waals surface area contributed by atoms with Crippen LogP contribution < -0.4 is 5.73 Å². The molecule has 17 heavy (non-hydrogen) atoms. The molecule has 90 valence electrons. The zero-order chi connectivity index (χ0) is 12.0. The number of nitrogens with zero attached hydrogens (tertiary/aromatic N) is 2. The highest BCUT2D eigenvalue weighted by atomic mass is 79.9. The highest BCUT2D eigenvalue weighted by Gasteiger charge is 2.39. The van der Waals surface area contributed by atoms with E-state index in [2.05, 4.69) is 20.9 Å². The minimum Gasteiger partial charge on any atom is -0.385 e. The Kier molecular flexibility index (Phi) is 2.71. The number of hydrogen-bond acceptors (Lipinski definition) is 3. The summed E-state index contributed by atoms with van der Waals surface area (Å²) in [6, 6.07) is 1.61. The zero-order valence-corrected chi connectivity index (χ0v) is 11.5. The van der Waals surface area contributed by atoms with E-state index in [0.717, 1.165) is 15.9 Å². The minimum absolute atomic E-state index is 0.169. The molecule has 2 aliphatic rings. The lowest BCUT2D eigenvalue weighted by molar-refractivity contribution is 0.204. The van der Waals surface area contributed by atoms with Gasteiger partial charge < -0.3 is 10.6 Å². The average molecular weight is 314 g/mol. The van der Waals surface area contributed by atoms with Crippen molar-refractivity contribution in [2.75, 3.05) is 6.54 Å². The van der Waals surface area contributed by atoms with Crippen molar-refractivity contribution in [1.82, 2.24) is 4.90 Å². The molecule has 1 unspecified atom stereocenters. The van der Waals surface area contributed by atoms with E-state index in [0.29, 0.717) is 11.8 Å². The van der Waals surface area contributed by atoms with Gasteiger partial charge in [0.2, 0.25) is 0 Å². The fourth-order valence-corrected chi connectivity index (χ4v) is 3.76. The van der Waals surface area contributed by atoms with Gasteiger partial charge in [0.05, 0.1) is 0 Å². The lowest BCUT2D eigenvalue weighted by Gasteiger charge is -2.23. The number of nitrogens with two attached hydrogens (primary N) is 1. The number of urea groups is 1. The van der Waals surface area contributed by atoms with Crippen LogP contribution in [0.25, 0.3) is 0 Å². The molecule has 4 nitrogen and oxygen atoms in total. The SMILES string of the molecule is NC1=NC(=O)N(CC2CC2)C1c1sccc1Br. The second kappa shape index (κ2) is 4.10. The Morgan fingerprint density at radius 2 is 2.35 bits per heavy atom. The number of amidine groups is 1. The number of thiophene rings is 1. The molecule has 1 atom stereocenters. The molecule has 1 aliphatic heterocycles. The van der Waals surface area contributed by atoms with Crippen LogP contribution >= 0.6 is 27.3 Å². The fraction of sp³-hybridized carbons (Fsp3) is 0.455. The Bertz CT molecular complexity index is 495. The second-order valence-corrected chi connectivity index (χ2v) is 6.25. The van der Waals surface area contributed by atoms with Gasteiger partial charge in [-0.1, -0.05) is 0 Å². The van der Waals surface area contributed by atoms with Gasteiger partial charge in [-0.2, -0.15) is 4.99 Å². The number of halogens is 1. The number of hydrogen-bond donors (Lipinski definition) is 1. The maximum Gasteiger partial charge on any atom is 0.346 e. The highest BCUT2D eigenvalue weighted by Crippen LogP contribution is 2.39. The maximum absolute atomic E-state index is 11.8. The molecular formula is C11H12BrN3OS. The Balaban J connectivity index is 1.91. The lowest BCUT2D eigenvalue weighted by Crippen LogP contribution is -2.34. The Labute approximate surface area is 112 Å². The molecule has 1 fully saturated rings. The van der Waals surface area contributed by atoms with Crippen LogP contribution in [-0.2, 0) is 0 Å². The summed E-state index contributed by atoms with van der Waals surface area (Å²) >= 11 is 5.10. The molecule has 1 aromatic rings. The van der Waals surface area contributed by atoms with Crippen molar-refractivity contribution < 1.29 is 4.79 Å². The summed E-state index contributed by atoms with van der Waals surface area (Å²) in [5.41, 5.74) is 5.89. The second-order valence-electron chi connectivity index (χ2n) is 4.45. The van der Waals surface area contributed by atoms with E-state index in [1.54, 1.807) is 16.2 Å². The molecule has 0 spiro atoms. The summed E-state index contributed by atoms with van der Waals surface area (Å²) in [6.45, 7) is 0.776. The number of aliphatic imine (C=N–C) groups is 1. The van der Waals surface area contributed by atoms with E-state index in [4.69, 9.17) is 5.73 Å². The largest absolute Gasteiger partial charge is 0.385 e. The van der Waals surface area contributed by atoms with Crippen LogP contribution in [0.5, 0.6) is 0 Å². The quantitative estimate of drug-likeness (QED) is 0.932. The van der Waals surface area contributed by atoms with E-state index in [1.807, 2.05) is 11.4 Å². The predicted octanol–water partition coefficient (Wildman–Crippen LogP) is 2.75. The number of amides is 2. The summed E-state index contributed by atoms with van der Waals surface area (Å²) < 4.78 is 1.00. The third-order valence-corrected chi connectivity index (χ3v) is 5.03. The summed E-state index contributed by atoms with van der Waals surface area (Å²) in [4.78, 5) is 18.6. The van der Waals surface area contributed by atoms with Gasteiger partial charge in [-0.15, -0.1) is 11.3 Å². The Hall–Kier alpha value is -0.880. The molecule has 3 rings (SSSR count). The first-order chi connectivity index (χ1) is 8.16. The van der Waals surface area contributed by atoms with E-state index >= 15 is 0 Å². The summed E-state index contributed by atoms with van der Waals surface area (Å²) in [5.74, 6) is 1.06. The Morgan fingerprint density at radius 3 is 2.94 bits per heavy atom. The van der Waals surface area contributed by atoms with Gasteiger partial charge in [0.25, 0.3) is 0 Å². The van der Waals surface area contributed by atoms with E-state index in [9.17, 15) is 4.79 Å². The van der Waals surface area contributed by atoms with Crippen LogP contribution in [0.3, 0.4) is 0 Å². The highest BCUT2D eigenvalue weighted by molar-refractivity contribution is 9.10. The first-order valence-corrected chi connectivity index (χ1v) is 7.21. The van der Waals surface area contributed by atoms with Crippen LogP contribution in [0.1, 0.15) is 23.8 Å². The average Bonchev–Trinajstić information content (AvgIpc) is 2.93. The molecule has 0 bridgehead atoms. The molecule has 0 radical (unpaired) electrons. The third-order valence-electron chi connectivity index (χ3n) is 3.11. The van der Waals surface area contributed by atoms with Gasteiger partial charge in [0, 0.05) is 15.9 Å². The van der Waals surface area contributed by atoms with Crippen molar-refractivity contribution in [3.05, 3.63) is 20.8 Å². The van der Waals surface area contributed by atoms with Crippen LogP contribution in [0, 0.1) is 5.92 Å². The van der Waals surface area contributed by atoms with Gasteiger partial charge in [0.1, 0.15) is 11.9 Å². The molecule has 2 N–H and O–H groups in total. The smallest absolute Gasteiger partial charge is 0.346 e. The van der Waals surface area contributed by atoms with Crippen LogP contribution in [0.4, 0.5) is 4.79 Å². The van der Waals surface area contributed by atoms with Gasteiger partial charge in [-0.05, 0) is 46.1 Å². The molecule has 1 aromatic heterocycles. The minimum atomic E-state index is -0.195. The number of carbonyl (C=O) groups is 1. The van der Waals surface area contributed by atoms with Crippen molar-refractivity contribution in [3.63, 3.8) is 0 Å². The maximum atomic E-state index is 11.8. The zero-order valence-electron chi connectivity index (χ0n) is 9.10. The molecular weight excluding hydrogens is 302 g/mol. The summed E-state index contributed by atoms with van der Waals surface area (Å²) in [6.07, 6.45) is 2.42. The fourth-order valence-electron chi connectivity index (χ4n) is 2.04. The summed E-state index contributed by atoms with van der Waals surface area (Å²) in [7, 11) is 0. The van der Waals surface area contributed by atoms with Crippen molar-refractivity contribution in [2.24, 2.45) is 16.6 Å². The van der Waals surface area contributed by atoms with E-state index < -0.39 is 0 Å². The molecule has 6 heteroatoms. The molecule has 2 amide bonds. The van der Waals surface area contributed by atoms with Crippen molar-refractivity contribution >= 4 is 39.1 Å². The topological polar surface area (TPSA) is 58.7 Å². The number of rotatable bonds is 3. The van der Waals surface area contributed by atoms with E-state index in [-0.39, 0.29) is 12.1 Å². The normalized spacial score (nSPS) is 24.3. The molecule has 1 saturated carbocycles. The number of carbonyl (C=O) groups excluding carboxylic acids is 1. The summed E-state index contributed by atoms with van der Waals surface area (Å²) in [5, 5.41) is 1.99. The van der Waals surface area contributed by atoms with Crippen LogP contribution in [0.2, 0.25) is 0 Å². The van der Waals surface area contributed by atoms with Crippen LogP contribution in [-0.4, -0.2) is 23.3 Å². The monoisotopic (exact) mass is 313 g/mol. The first kappa shape index (κ1) is 11.2. The molecule has 1 aliphatic carbocycles. The molecule has 0 saturated heterocycles. The standard InChI is InChI=1S/C11H12BrN3OS/c12-7-3-4-17-9(7)8-10(13)14-11(16)15(8)5-6-1-2-6/h3-4,6,8H,1-2,5H2,(H2,13,14,16). The van der Waals surface area contributed by atoms with Crippen molar-refractivity contribution in [1.29, 1.82) is 0 Å². The lowest BCUT2D eigenvalue weighted by atomic mass is 10.2.